The van der Waals surface area contributed by atoms with E-state index in [1.54, 1.807) is 19.1 Å². The van der Waals surface area contributed by atoms with Crippen LogP contribution in [-0.2, 0) is 11.2 Å². The molecular weight excluding hydrogens is 211 g/mol. The molecule has 0 saturated heterocycles. The Labute approximate surface area is 91.1 Å². The summed E-state index contributed by atoms with van der Waals surface area (Å²) in [7, 11) is 0. The highest BCUT2D eigenvalue weighted by atomic mass is 19.1. The van der Waals surface area contributed by atoms with Crippen LogP contribution in [0, 0.1) is 11.7 Å². The van der Waals surface area contributed by atoms with Crippen LogP contribution in [-0.4, -0.2) is 21.0 Å². The van der Waals surface area contributed by atoms with Gasteiger partial charge in [-0.2, -0.15) is 0 Å². The molecule has 0 fully saturated rings. The van der Waals surface area contributed by atoms with Crippen molar-refractivity contribution in [1.82, 2.24) is 9.97 Å². The summed E-state index contributed by atoms with van der Waals surface area (Å²) < 4.78 is 13.3. The van der Waals surface area contributed by atoms with Crippen LogP contribution in [0.25, 0.3) is 11.0 Å². The summed E-state index contributed by atoms with van der Waals surface area (Å²) in [5.74, 6) is -1.33. The molecule has 2 rings (SSSR count). The summed E-state index contributed by atoms with van der Waals surface area (Å²) in [6.45, 7) is 1.59. The lowest BCUT2D eigenvalue weighted by molar-refractivity contribution is -0.141. The molecule has 0 aliphatic carbocycles. The van der Waals surface area contributed by atoms with Crippen LogP contribution in [0.2, 0.25) is 0 Å². The van der Waals surface area contributed by atoms with E-state index in [1.807, 2.05) is 0 Å². The van der Waals surface area contributed by atoms with E-state index in [0.29, 0.717) is 11.3 Å². The van der Waals surface area contributed by atoms with E-state index in [0.717, 1.165) is 0 Å². The minimum absolute atomic E-state index is 0.259. The van der Waals surface area contributed by atoms with Gasteiger partial charge in [0.2, 0.25) is 0 Å². The number of nitrogens with zero attached hydrogens (tertiary/aromatic N) is 1. The van der Waals surface area contributed by atoms with E-state index < -0.39 is 17.7 Å². The number of carboxylic acids is 1. The molecule has 16 heavy (non-hydrogen) atoms. The Morgan fingerprint density at radius 3 is 3.00 bits per heavy atom. The lowest BCUT2D eigenvalue weighted by Gasteiger charge is -2.01. The monoisotopic (exact) mass is 222 g/mol. The van der Waals surface area contributed by atoms with Crippen LogP contribution in [0.4, 0.5) is 4.39 Å². The minimum Gasteiger partial charge on any atom is -0.481 e. The highest BCUT2D eigenvalue weighted by molar-refractivity contribution is 5.76. The Hall–Kier alpha value is -1.91. The molecule has 1 aromatic carbocycles. The maximum atomic E-state index is 13.3. The lowest BCUT2D eigenvalue weighted by Crippen LogP contribution is -2.12. The summed E-state index contributed by atoms with van der Waals surface area (Å²) in [6.07, 6.45) is 0.267. The summed E-state index contributed by atoms with van der Waals surface area (Å²) in [6, 6.07) is 4.62. The minimum atomic E-state index is -0.888. The molecule has 1 unspecified atom stereocenters. The number of rotatable bonds is 3. The van der Waals surface area contributed by atoms with Crippen molar-refractivity contribution in [2.24, 2.45) is 5.92 Å². The first-order valence-corrected chi connectivity index (χ1v) is 4.94. The third kappa shape index (κ3) is 1.88. The third-order valence-electron chi connectivity index (χ3n) is 2.43. The summed E-state index contributed by atoms with van der Waals surface area (Å²) in [5, 5.41) is 8.76. The fourth-order valence-corrected chi connectivity index (χ4v) is 1.52. The maximum Gasteiger partial charge on any atom is 0.306 e. The van der Waals surface area contributed by atoms with Gasteiger partial charge >= 0.3 is 5.97 Å². The average Bonchev–Trinajstić information content (AvgIpc) is 2.61. The van der Waals surface area contributed by atoms with Crippen LogP contribution in [0.1, 0.15) is 12.7 Å². The molecule has 84 valence electrons. The van der Waals surface area contributed by atoms with Crippen molar-refractivity contribution >= 4 is 17.0 Å². The molecule has 0 saturated carbocycles. The van der Waals surface area contributed by atoms with Crippen molar-refractivity contribution in [3.63, 3.8) is 0 Å². The van der Waals surface area contributed by atoms with Gasteiger partial charge in [-0.3, -0.25) is 4.79 Å². The number of H-pyrrole nitrogens is 1. The molecule has 0 amide bonds. The molecular formula is C11H11FN2O2. The molecule has 1 atom stereocenters. The fourth-order valence-electron chi connectivity index (χ4n) is 1.52. The number of carbonyl (C=O) groups is 1. The number of benzene rings is 1. The molecule has 1 aromatic heterocycles. The van der Waals surface area contributed by atoms with Gasteiger partial charge in [0, 0.05) is 6.42 Å². The Kier molecular flexibility index (Phi) is 2.60. The number of aliphatic carboxylic acids is 1. The van der Waals surface area contributed by atoms with Crippen molar-refractivity contribution in [2.75, 3.05) is 0 Å². The molecule has 0 radical (unpaired) electrons. The second-order valence-corrected chi connectivity index (χ2v) is 3.76. The first-order valence-electron chi connectivity index (χ1n) is 4.94. The van der Waals surface area contributed by atoms with Gasteiger partial charge in [-0.15, -0.1) is 0 Å². The van der Waals surface area contributed by atoms with Gasteiger partial charge < -0.3 is 10.1 Å². The van der Waals surface area contributed by atoms with Crippen molar-refractivity contribution in [1.29, 1.82) is 0 Å². The first kappa shape index (κ1) is 10.6. The highest BCUT2D eigenvalue weighted by Gasteiger charge is 2.15. The Bertz CT molecular complexity index is 536. The Balaban J connectivity index is 2.33. The van der Waals surface area contributed by atoms with Crippen LogP contribution in [0.15, 0.2) is 18.2 Å². The number of hydrogen-bond acceptors (Lipinski definition) is 2. The molecule has 0 aliphatic heterocycles. The number of imidazole rings is 1. The van der Waals surface area contributed by atoms with Crippen LogP contribution in [0.5, 0.6) is 0 Å². The first-order chi connectivity index (χ1) is 7.58. The van der Waals surface area contributed by atoms with E-state index in [4.69, 9.17) is 5.11 Å². The SMILES string of the molecule is CC(Cc1nc2c(F)cccc2[nH]1)C(=O)O. The van der Waals surface area contributed by atoms with Crippen molar-refractivity contribution in [2.45, 2.75) is 13.3 Å². The van der Waals surface area contributed by atoms with Gasteiger partial charge in [-0.05, 0) is 12.1 Å². The standard InChI is InChI=1S/C11H11FN2O2/c1-6(11(15)16)5-9-13-8-4-2-3-7(12)10(8)14-9/h2-4,6H,5H2,1H3,(H,13,14)(H,15,16). The van der Waals surface area contributed by atoms with E-state index in [2.05, 4.69) is 9.97 Å². The zero-order valence-electron chi connectivity index (χ0n) is 8.70. The molecule has 2 N–H and O–H groups in total. The number of aromatic nitrogens is 2. The number of nitrogens with one attached hydrogen (secondary N) is 1. The van der Waals surface area contributed by atoms with Crippen molar-refractivity contribution in [3.05, 3.63) is 29.8 Å². The van der Waals surface area contributed by atoms with Gasteiger partial charge in [-0.25, -0.2) is 9.37 Å². The smallest absolute Gasteiger partial charge is 0.306 e. The average molecular weight is 222 g/mol. The highest BCUT2D eigenvalue weighted by Crippen LogP contribution is 2.16. The fraction of sp³-hybridized carbons (Fsp3) is 0.273. The van der Waals surface area contributed by atoms with Gasteiger partial charge in [0.25, 0.3) is 0 Å². The van der Waals surface area contributed by atoms with Gasteiger partial charge in [0.05, 0.1) is 11.4 Å². The third-order valence-corrected chi connectivity index (χ3v) is 2.43. The van der Waals surface area contributed by atoms with E-state index in [9.17, 15) is 9.18 Å². The van der Waals surface area contributed by atoms with Crippen molar-refractivity contribution < 1.29 is 14.3 Å². The van der Waals surface area contributed by atoms with Crippen LogP contribution >= 0.6 is 0 Å². The Morgan fingerprint density at radius 1 is 1.62 bits per heavy atom. The predicted molar refractivity (Wildman–Crippen MR) is 56.6 cm³/mol. The maximum absolute atomic E-state index is 13.3. The van der Waals surface area contributed by atoms with Crippen LogP contribution < -0.4 is 0 Å². The summed E-state index contributed by atoms with van der Waals surface area (Å²) >= 11 is 0. The zero-order chi connectivity index (χ0) is 11.7. The van der Waals surface area contributed by atoms with Crippen LogP contribution in [0.3, 0.4) is 0 Å². The van der Waals surface area contributed by atoms with E-state index >= 15 is 0 Å². The molecule has 1 heterocycles. The number of fused-ring (bicyclic) bond motifs is 1. The topological polar surface area (TPSA) is 66.0 Å². The van der Waals surface area contributed by atoms with Gasteiger partial charge in [0.15, 0.2) is 5.82 Å². The summed E-state index contributed by atoms with van der Waals surface area (Å²) in [5.41, 5.74) is 0.850. The largest absolute Gasteiger partial charge is 0.481 e. The van der Waals surface area contributed by atoms with Crippen molar-refractivity contribution in [3.8, 4) is 0 Å². The molecule has 4 nitrogen and oxygen atoms in total. The lowest BCUT2D eigenvalue weighted by atomic mass is 10.1. The Morgan fingerprint density at radius 2 is 2.38 bits per heavy atom. The second kappa shape index (κ2) is 3.92. The van der Waals surface area contributed by atoms with E-state index in [1.165, 1.54) is 6.07 Å². The van der Waals surface area contributed by atoms with Gasteiger partial charge in [0.1, 0.15) is 11.3 Å². The summed E-state index contributed by atoms with van der Waals surface area (Å²) in [4.78, 5) is 17.6. The normalized spacial score (nSPS) is 12.9. The predicted octanol–water partition coefficient (Wildman–Crippen LogP) is 1.97. The molecule has 0 spiro atoms. The van der Waals surface area contributed by atoms with Gasteiger partial charge in [-0.1, -0.05) is 13.0 Å². The molecule has 0 aliphatic rings. The van der Waals surface area contributed by atoms with E-state index in [-0.39, 0.29) is 11.9 Å². The number of carboxylic acid groups (broad SMARTS) is 1. The second-order valence-electron chi connectivity index (χ2n) is 3.76. The molecule has 5 heteroatoms. The number of para-hydroxylation sites is 1. The number of hydrogen-bond donors (Lipinski definition) is 2. The zero-order valence-corrected chi connectivity index (χ0v) is 8.70. The quantitative estimate of drug-likeness (QED) is 0.834. The molecule has 0 bridgehead atoms. The number of aromatic amines is 1. The number of halogens is 1. The molecule has 2 aromatic rings.